The van der Waals surface area contributed by atoms with Gasteiger partial charge < -0.3 is 5.11 Å². The van der Waals surface area contributed by atoms with E-state index in [1.807, 2.05) is 14.0 Å². The number of nitrogens with zero attached hydrogens (tertiary/aromatic N) is 2. The first kappa shape index (κ1) is 11.9. The molecular weight excluding hydrogens is 204 g/mol. The maximum absolute atomic E-state index is 11.2. The molecule has 3 atom stereocenters. The van der Waals surface area contributed by atoms with Gasteiger partial charge in [-0.15, -0.1) is 0 Å². The van der Waals surface area contributed by atoms with Crippen LogP contribution >= 0.6 is 0 Å². The summed E-state index contributed by atoms with van der Waals surface area (Å²) < 4.78 is 0. The second kappa shape index (κ2) is 4.72. The summed E-state index contributed by atoms with van der Waals surface area (Å²) in [5.74, 6) is -0.679. The monoisotopic (exact) mass is 226 g/mol. The van der Waals surface area contributed by atoms with Gasteiger partial charge in [0.05, 0.1) is 0 Å². The van der Waals surface area contributed by atoms with Crippen molar-refractivity contribution < 1.29 is 9.90 Å². The minimum atomic E-state index is -0.679. The summed E-state index contributed by atoms with van der Waals surface area (Å²) in [4.78, 5) is 15.8. The molecule has 2 aliphatic rings. The molecule has 2 heterocycles. The van der Waals surface area contributed by atoms with Crippen LogP contribution in [0.4, 0.5) is 0 Å². The SMILES string of the molecule is CCC(C(=O)O)N(C)C1CCN2CCCC12. The van der Waals surface area contributed by atoms with Crippen LogP contribution in [0.2, 0.25) is 0 Å². The van der Waals surface area contributed by atoms with Crippen molar-refractivity contribution in [3.8, 4) is 0 Å². The van der Waals surface area contributed by atoms with Crippen LogP contribution in [0.25, 0.3) is 0 Å². The zero-order valence-corrected chi connectivity index (χ0v) is 10.2. The molecule has 2 rings (SSSR count). The number of aliphatic carboxylic acids is 1. The van der Waals surface area contributed by atoms with Gasteiger partial charge in [0, 0.05) is 18.6 Å². The molecule has 4 nitrogen and oxygen atoms in total. The van der Waals surface area contributed by atoms with Gasteiger partial charge in [-0.25, -0.2) is 0 Å². The van der Waals surface area contributed by atoms with Crippen molar-refractivity contribution in [2.45, 2.75) is 50.7 Å². The molecule has 16 heavy (non-hydrogen) atoms. The third kappa shape index (κ3) is 1.96. The van der Waals surface area contributed by atoms with Crippen LogP contribution in [-0.2, 0) is 4.79 Å². The van der Waals surface area contributed by atoms with E-state index in [1.54, 1.807) is 0 Å². The fourth-order valence-corrected chi connectivity index (χ4v) is 3.40. The predicted octanol–water partition coefficient (Wildman–Crippen LogP) is 1.02. The molecule has 92 valence electrons. The highest BCUT2D eigenvalue weighted by Crippen LogP contribution is 2.31. The Morgan fingerprint density at radius 1 is 1.50 bits per heavy atom. The summed E-state index contributed by atoms with van der Waals surface area (Å²) in [5.41, 5.74) is 0. The predicted molar refractivity (Wildman–Crippen MR) is 62.5 cm³/mol. The Bertz CT molecular complexity index is 270. The number of carbonyl (C=O) groups is 1. The molecule has 0 amide bonds. The topological polar surface area (TPSA) is 43.8 Å². The first-order chi connectivity index (χ1) is 7.65. The summed E-state index contributed by atoms with van der Waals surface area (Å²) in [7, 11) is 1.98. The highest BCUT2D eigenvalue weighted by Gasteiger charge is 2.41. The Labute approximate surface area is 97.2 Å². The largest absolute Gasteiger partial charge is 0.480 e. The lowest BCUT2D eigenvalue weighted by Crippen LogP contribution is -2.48. The van der Waals surface area contributed by atoms with E-state index in [1.165, 1.54) is 19.4 Å². The van der Waals surface area contributed by atoms with Crippen LogP contribution in [0.15, 0.2) is 0 Å². The standard InChI is InChI=1S/C12H22N2O2/c1-3-9(12(15)16)13(2)10-6-8-14-7-4-5-11(10)14/h9-11H,3-8H2,1-2H3,(H,15,16). The molecule has 3 unspecified atom stereocenters. The maximum Gasteiger partial charge on any atom is 0.320 e. The molecule has 0 spiro atoms. The van der Waals surface area contributed by atoms with E-state index in [2.05, 4.69) is 9.80 Å². The highest BCUT2D eigenvalue weighted by atomic mass is 16.4. The van der Waals surface area contributed by atoms with E-state index in [0.717, 1.165) is 13.0 Å². The third-order valence-electron chi connectivity index (χ3n) is 4.26. The van der Waals surface area contributed by atoms with Crippen LogP contribution in [0.3, 0.4) is 0 Å². The van der Waals surface area contributed by atoms with Gasteiger partial charge in [0.25, 0.3) is 0 Å². The smallest absolute Gasteiger partial charge is 0.320 e. The Kier molecular flexibility index (Phi) is 3.50. The van der Waals surface area contributed by atoms with Gasteiger partial charge in [-0.05, 0) is 39.3 Å². The first-order valence-corrected chi connectivity index (χ1v) is 6.34. The van der Waals surface area contributed by atoms with E-state index >= 15 is 0 Å². The third-order valence-corrected chi connectivity index (χ3v) is 4.26. The van der Waals surface area contributed by atoms with Crippen molar-refractivity contribution in [1.82, 2.24) is 9.80 Å². The fraction of sp³-hybridized carbons (Fsp3) is 0.917. The van der Waals surface area contributed by atoms with Crippen LogP contribution in [0, 0.1) is 0 Å². The van der Waals surface area contributed by atoms with Gasteiger partial charge in [0.1, 0.15) is 6.04 Å². The number of hydrogen-bond donors (Lipinski definition) is 1. The van der Waals surface area contributed by atoms with Crippen LogP contribution in [0.1, 0.15) is 32.6 Å². The molecule has 0 aromatic carbocycles. The molecule has 0 aromatic rings. The maximum atomic E-state index is 11.2. The zero-order valence-electron chi connectivity index (χ0n) is 10.2. The average Bonchev–Trinajstić information content (AvgIpc) is 2.77. The highest BCUT2D eigenvalue weighted by molar-refractivity contribution is 5.73. The molecule has 0 radical (unpaired) electrons. The Morgan fingerprint density at radius 2 is 2.25 bits per heavy atom. The fourth-order valence-electron chi connectivity index (χ4n) is 3.40. The Morgan fingerprint density at radius 3 is 2.88 bits per heavy atom. The summed E-state index contributed by atoms with van der Waals surface area (Å²) in [5, 5.41) is 9.19. The minimum absolute atomic E-state index is 0.314. The number of likely N-dealkylation sites (N-methyl/N-ethyl adjacent to an activating group) is 1. The van der Waals surface area contributed by atoms with Crippen molar-refractivity contribution in [3.05, 3.63) is 0 Å². The molecule has 0 saturated carbocycles. The van der Waals surface area contributed by atoms with Crippen LogP contribution in [-0.4, -0.2) is 59.1 Å². The summed E-state index contributed by atoms with van der Waals surface area (Å²) in [6.07, 6.45) is 4.34. The summed E-state index contributed by atoms with van der Waals surface area (Å²) >= 11 is 0. The zero-order chi connectivity index (χ0) is 11.7. The lowest BCUT2D eigenvalue weighted by atomic mass is 10.0. The van der Waals surface area contributed by atoms with Gasteiger partial charge in [-0.1, -0.05) is 6.92 Å². The minimum Gasteiger partial charge on any atom is -0.480 e. The number of carboxylic acid groups (broad SMARTS) is 1. The normalized spacial score (nSPS) is 31.9. The molecule has 2 aliphatic heterocycles. The molecule has 0 aliphatic carbocycles. The lowest BCUT2D eigenvalue weighted by molar-refractivity contribution is -0.143. The van der Waals surface area contributed by atoms with Crippen molar-refractivity contribution in [2.24, 2.45) is 0 Å². The van der Waals surface area contributed by atoms with Crippen molar-refractivity contribution in [3.63, 3.8) is 0 Å². The first-order valence-electron chi connectivity index (χ1n) is 6.34. The van der Waals surface area contributed by atoms with E-state index in [9.17, 15) is 9.90 Å². The van der Waals surface area contributed by atoms with Crippen LogP contribution in [0.5, 0.6) is 0 Å². The van der Waals surface area contributed by atoms with Crippen LogP contribution < -0.4 is 0 Å². The van der Waals surface area contributed by atoms with Gasteiger partial charge in [-0.2, -0.15) is 0 Å². The van der Waals surface area contributed by atoms with E-state index in [0.29, 0.717) is 18.5 Å². The van der Waals surface area contributed by atoms with E-state index < -0.39 is 5.97 Å². The quantitative estimate of drug-likeness (QED) is 0.777. The Hall–Kier alpha value is -0.610. The molecule has 2 saturated heterocycles. The van der Waals surface area contributed by atoms with E-state index in [4.69, 9.17) is 0 Å². The van der Waals surface area contributed by atoms with Gasteiger partial charge in [0.2, 0.25) is 0 Å². The second-order valence-electron chi connectivity index (χ2n) is 5.03. The summed E-state index contributed by atoms with van der Waals surface area (Å²) in [6, 6.07) is 0.743. The number of carboxylic acids is 1. The average molecular weight is 226 g/mol. The molecule has 2 fully saturated rings. The number of fused-ring (bicyclic) bond motifs is 1. The van der Waals surface area contributed by atoms with Gasteiger partial charge >= 0.3 is 5.97 Å². The molecule has 0 aromatic heterocycles. The van der Waals surface area contributed by atoms with Crippen molar-refractivity contribution in [2.75, 3.05) is 20.1 Å². The second-order valence-corrected chi connectivity index (χ2v) is 5.03. The molecule has 0 bridgehead atoms. The molecule has 1 N–H and O–H groups in total. The molecule has 4 heteroatoms. The van der Waals surface area contributed by atoms with Crippen molar-refractivity contribution in [1.29, 1.82) is 0 Å². The Balaban J connectivity index is 2.03. The van der Waals surface area contributed by atoms with Crippen molar-refractivity contribution >= 4 is 5.97 Å². The summed E-state index contributed by atoms with van der Waals surface area (Å²) in [6.45, 7) is 4.31. The van der Waals surface area contributed by atoms with Gasteiger partial charge in [0.15, 0.2) is 0 Å². The van der Waals surface area contributed by atoms with E-state index in [-0.39, 0.29) is 6.04 Å². The number of hydrogen-bond acceptors (Lipinski definition) is 3. The van der Waals surface area contributed by atoms with Gasteiger partial charge in [-0.3, -0.25) is 14.6 Å². The number of rotatable bonds is 4. The molecular formula is C12H22N2O2. The lowest BCUT2D eigenvalue weighted by Gasteiger charge is -2.33.